The van der Waals surface area contributed by atoms with E-state index in [1.54, 1.807) is 6.07 Å². The Morgan fingerprint density at radius 2 is 1.71 bits per heavy atom. The zero-order chi connectivity index (χ0) is 20.3. The molecule has 0 saturated heterocycles. The molecule has 1 heterocycles. The molecular formula is C18H18N2O7S. The molecule has 0 fully saturated rings. The molecule has 0 aliphatic carbocycles. The normalized spacial score (nSPS) is 14.1. The Kier molecular flexibility index (Phi) is 5.52. The van der Waals surface area contributed by atoms with Gasteiger partial charge in [0, 0.05) is 5.69 Å². The number of carbonyl (C=O) groups is 2. The highest BCUT2D eigenvalue weighted by atomic mass is 32.2. The number of nitrogens with one attached hydrogen (secondary N) is 1. The summed E-state index contributed by atoms with van der Waals surface area (Å²) in [7, 11) is -3.82. The predicted molar refractivity (Wildman–Crippen MR) is 98.8 cm³/mol. The first-order chi connectivity index (χ1) is 13.2. The smallest absolute Gasteiger partial charge is 0.339 e. The van der Waals surface area contributed by atoms with E-state index in [0.717, 1.165) is 0 Å². The van der Waals surface area contributed by atoms with Gasteiger partial charge < -0.3 is 19.5 Å². The van der Waals surface area contributed by atoms with Crippen LogP contribution in [0.2, 0.25) is 0 Å². The van der Waals surface area contributed by atoms with Gasteiger partial charge in [-0.15, -0.1) is 0 Å². The molecule has 0 spiro atoms. The number of rotatable bonds is 5. The molecule has 1 amide bonds. The molecule has 1 aliphatic rings. The third-order valence-electron chi connectivity index (χ3n) is 3.88. The largest absolute Gasteiger partial charge is 0.486 e. The molecule has 28 heavy (non-hydrogen) atoms. The topological polar surface area (TPSA) is 134 Å². The van der Waals surface area contributed by atoms with Crippen LogP contribution < -0.4 is 19.9 Å². The van der Waals surface area contributed by atoms with Crippen LogP contribution in [0.4, 0.5) is 5.69 Å². The minimum Gasteiger partial charge on any atom is -0.486 e. The van der Waals surface area contributed by atoms with E-state index in [9.17, 15) is 18.0 Å². The highest BCUT2D eigenvalue weighted by molar-refractivity contribution is 7.89. The molecule has 0 radical (unpaired) electrons. The van der Waals surface area contributed by atoms with Crippen molar-refractivity contribution in [3.8, 4) is 11.5 Å². The van der Waals surface area contributed by atoms with Gasteiger partial charge in [-0.05, 0) is 49.4 Å². The van der Waals surface area contributed by atoms with E-state index in [2.05, 4.69) is 5.32 Å². The third-order valence-corrected chi connectivity index (χ3v) is 4.81. The van der Waals surface area contributed by atoms with Crippen LogP contribution in [0.5, 0.6) is 11.5 Å². The lowest BCUT2D eigenvalue weighted by molar-refractivity contribution is -0.123. The lowest BCUT2D eigenvalue weighted by Crippen LogP contribution is -2.30. The molecule has 9 nitrogen and oxygen atoms in total. The summed E-state index contributed by atoms with van der Waals surface area (Å²) >= 11 is 0. The van der Waals surface area contributed by atoms with Crippen molar-refractivity contribution in [1.82, 2.24) is 0 Å². The van der Waals surface area contributed by atoms with Crippen molar-refractivity contribution in [2.24, 2.45) is 5.14 Å². The summed E-state index contributed by atoms with van der Waals surface area (Å²) in [5.41, 5.74) is 0.557. The SMILES string of the molecule is C[C@@H](OC(=O)c1ccc2c(c1)OCCO2)C(=O)Nc1ccc(S(N)(=O)=O)cc1. The van der Waals surface area contributed by atoms with Crippen molar-refractivity contribution < 1.29 is 32.2 Å². The van der Waals surface area contributed by atoms with Crippen LogP contribution >= 0.6 is 0 Å². The third kappa shape index (κ3) is 4.59. The van der Waals surface area contributed by atoms with Crippen molar-refractivity contribution in [3.63, 3.8) is 0 Å². The van der Waals surface area contributed by atoms with Gasteiger partial charge in [0.25, 0.3) is 5.91 Å². The van der Waals surface area contributed by atoms with Crippen molar-refractivity contribution in [2.75, 3.05) is 18.5 Å². The van der Waals surface area contributed by atoms with E-state index < -0.39 is 28.0 Å². The van der Waals surface area contributed by atoms with Crippen molar-refractivity contribution in [3.05, 3.63) is 48.0 Å². The standard InChI is InChI=1S/C18H18N2O7S/c1-11(17(21)20-13-3-5-14(6-4-13)28(19,23)24)27-18(22)12-2-7-15-16(10-12)26-9-8-25-15/h2-7,10-11H,8-9H2,1H3,(H,20,21)(H2,19,23,24)/t11-/m1/s1. The lowest BCUT2D eigenvalue weighted by atomic mass is 10.2. The Morgan fingerprint density at radius 3 is 2.36 bits per heavy atom. The van der Waals surface area contributed by atoms with E-state index >= 15 is 0 Å². The highest BCUT2D eigenvalue weighted by Gasteiger charge is 2.21. The molecule has 2 aromatic carbocycles. The molecule has 0 bridgehead atoms. The molecule has 3 rings (SSSR count). The minimum atomic E-state index is -3.82. The second-order valence-electron chi connectivity index (χ2n) is 5.96. The summed E-state index contributed by atoms with van der Waals surface area (Å²) in [6.45, 7) is 2.24. The number of anilines is 1. The monoisotopic (exact) mass is 406 g/mol. The second-order valence-corrected chi connectivity index (χ2v) is 7.53. The number of hydrogen-bond acceptors (Lipinski definition) is 7. The fraction of sp³-hybridized carbons (Fsp3) is 0.222. The average Bonchev–Trinajstić information content (AvgIpc) is 2.67. The van der Waals surface area contributed by atoms with Gasteiger partial charge in [0.2, 0.25) is 10.0 Å². The van der Waals surface area contributed by atoms with E-state index in [1.807, 2.05) is 0 Å². The van der Waals surface area contributed by atoms with Crippen LogP contribution in [0.3, 0.4) is 0 Å². The van der Waals surface area contributed by atoms with Crippen LogP contribution in [0.1, 0.15) is 17.3 Å². The summed E-state index contributed by atoms with van der Waals surface area (Å²) < 4.78 is 38.5. The molecular weight excluding hydrogens is 388 g/mol. The number of esters is 1. The van der Waals surface area contributed by atoms with Crippen molar-refractivity contribution in [1.29, 1.82) is 0 Å². The van der Waals surface area contributed by atoms with Crippen molar-refractivity contribution in [2.45, 2.75) is 17.9 Å². The van der Waals surface area contributed by atoms with Gasteiger partial charge in [-0.1, -0.05) is 0 Å². The number of ether oxygens (including phenoxy) is 3. The average molecular weight is 406 g/mol. The Morgan fingerprint density at radius 1 is 1.07 bits per heavy atom. The quantitative estimate of drug-likeness (QED) is 0.715. The summed E-state index contributed by atoms with van der Waals surface area (Å²) in [6.07, 6.45) is -1.08. The number of benzene rings is 2. The summed E-state index contributed by atoms with van der Waals surface area (Å²) in [5, 5.41) is 7.55. The first-order valence-electron chi connectivity index (χ1n) is 8.28. The van der Waals surface area contributed by atoms with Crippen LogP contribution in [0, 0.1) is 0 Å². The number of primary sulfonamides is 1. The van der Waals surface area contributed by atoms with Gasteiger partial charge in [-0.3, -0.25) is 4.79 Å². The predicted octanol–water partition coefficient (Wildman–Crippen LogP) is 1.29. The molecule has 0 saturated carbocycles. The molecule has 10 heteroatoms. The lowest BCUT2D eigenvalue weighted by Gasteiger charge is -2.19. The molecule has 2 aromatic rings. The van der Waals surface area contributed by atoms with Crippen LogP contribution in [-0.4, -0.2) is 39.6 Å². The Balaban J connectivity index is 1.61. The van der Waals surface area contributed by atoms with Gasteiger partial charge in [-0.2, -0.15) is 0 Å². The Labute approximate surface area is 161 Å². The number of sulfonamides is 1. The summed E-state index contributed by atoms with van der Waals surface area (Å²) in [4.78, 5) is 24.4. The molecule has 0 aromatic heterocycles. The maximum atomic E-state index is 12.3. The molecule has 1 aliphatic heterocycles. The summed E-state index contributed by atoms with van der Waals surface area (Å²) in [5.74, 6) is -0.289. The Bertz CT molecular complexity index is 1000. The fourth-order valence-corrected chi connectivity index (χ4v) is 2.94. The molecule has 1 atom stereocenters. The van der Waals surface area contributed by atoms with Crippen LogP contribution in [0.25, 0.3) is 0 Å². The maximum Gasteiger partial charge on any atom is 0.339 e. The second kappa shape index (κ2) is 7.87. The van der Waals surface area contributed by atoms with E-state index in [4.69, 9.17) is 19.3 Å². The number of fused-ring (bicyclic) bond motifs is 1. The van der Waals surface area contributed by atoms with E-state index in [0.29, 0.717) is 30.4 Å². The van der Waals surface area contributed by atoms with Crippen LogP contribution in [-0.2, 0) is 19.6 Å². The van der Waals surface area contributed by atoms with E-state index in [1.165, 1.54) is 43.3 Å². The van der Waals surface area contributed by atoms with Gasteiger partial charge >= 0.3 is 5.97 Å². The zero-order valence-electron chi connectivity index (χ0n) is 14.9. The highest BCUT2D eigenvalue weighted by Crippen LogP contribution is 2.31. The van der Waals surface area contributed by atoms with Gasteiger partial charge in [0.15, 0.2) is 17.6 Å². The first kappa shape index (κ1) is 19.6. The fourth-order valence-electron chi connectivity index (χ4n) is 2.42. The number of carbonyl (C=O) groups excluding carboxylic acids is 2. The van der Waals surface area contributed by atoms with Gasteiger partial charge in [-0.25, -0.2) is 18.4 Å². The van der Waals surface area contributed by atoms with Gasteiger partial charge in [0.1, 0.15) is 13.2 Å². The van der Waals surface area contributed by atoms with Crippen molar-refractivity contribution >= 4 is 27.6 Å². The Hall–Kier alpha value is -3.11. The van der Waals surface area contributed by atoms with Crippen LogP contribution in [0.15, 0.2) is 47.4 Å². The number of hydrogen-bond donors (Lipinski definition) is 2. The molecule has 148 valence electrons. The van der Waals surface area contributed by atoms with E-state index in [-0.39, 0.29) is 10.5 Å². The zero-order valence-corrected chi connectivity index (χ0v) is 15.7. The number of amides is 1. The molecule has 0 unspecified atom stereocenters. The number of nitrogens with two attached hydrogens (primary N) is 1. The summed E-state index contributed by atoms with van der Waals surface area (Å²) in [6, 6.07) is 9.90. The minimum absolute atomic E-state index is 0.0800. The maximum absolute atomic E-state index is 12.3. The first-order valence-corrected chi connectivity index (χ1v) is 9.83. The van der Waals surface area contributed by atoms with Gasteiger partial charge in [0.05, 0.1) is 10.5 Å². The molecule has 3 N–H and O–H groups in total.